The number of rotatable bonds is 13. The molecule has 22 nitrogen and oxygen atoms in total. The summed E-state index contributed by atoms with van der Waals surface area (Å²) in [6.07, 6.45) is 6.34. The Bertz CT molecular complexity index is 2610. The van der Waals surface area contributed by atoms with Crippen LogP contribution in [0.15, 0.2) is 50.8 Å². The van der Waals surface area contributed by atoms with Gasteiger partial charge >= 0.3 is 11.8 Å². The number of sulfonamides is 1. The van der Waals surface area contributed by atoms with Gasteiger partial charge in [-0.15, -0.1) is 11.5 Å². The summed E-state index contributed by atoms with van der Waals surface area (Å²) in [6, 6.07) is 6.13. The maximum Gasteiger partial charge on any atom is 0.442 e. The van der Waals surface area contributed by atoms with Crippen molar-refractivity contribution >= 4 is 74.6 Å². The monoisotopic (exact) mass is 965 g/mol. The number of ether oxygens (including phenoxy) is 3. The van der Waals surface area contributed by atoms with Crippen molar-refractivity contribution in [3.05, 3.63) is 73.9 Å². The molecule has 0 saturated carbocycles. The van der Waals surface area contributed by atoms with Gasteiger partial charge in [0.1, 0.15) is 12.4 Å². The number of anilines is 3. The van der Waals surface area contributed by atoms with Crippen LogP contribution in [-0.2, 0) is 15.4 Å². The van der Waals surface area contributed by atoms with Crippen molar-refractivity contribution in [3.8, 4) is 35.5 Å². The van der Waals surface area contributed by atoms with Gasteiger partial charge in [0.2, 0.25) is 40.8 Å². The summed E-state index contributed by atoms with van der Waals surface area (Å²) < 4.78 is 48.3. The van der Waals surface area contributed by atoms with Gasteiger partial charge < -0.3 is 34.2 Å². The molecule has 0 saturated heterocycles. The molecule has 3 amide bonds. The van der Waals surface area contributed by atoms with Crippen molar-refractivity contribution < 1.29 is 36.6 Å². The summed E-state index contributed by atoms with van der Waals surface area (Å²) in [6.45, 7) is 12.4. The van der Waals surface area contributed by atoms with E-state index in [4.69, 9.17) is 59.9 Å². The molecule has 0 aliphatic heterocycles. The van der Waals surface area contributed by atoms with Gasteiger partial charge in [-0.05, 0) is 50.6 Å². The number of urea groups is 1. The topological polar surface area (TPSA) is 273 Å². The predicted molar refractivity (Wildman–Crippen MR) is 240 cm³/mol. The summed E-state index contributed by atoms with van der Waals surface area (Å²) in [5.41, 5.74) is -0.291. The van der Waals surface area contributed by atoms with Crippen LogP contribution in [0.2, 0.25) is 15.3 Å². The lowest BCUT2D eigenvalue weighted by Gasteiger charge is -2.14. The van der Waals surface area contributed by atoms with E-state index in [1.54, 1.807) is 4.72 Å². The fraction of sp³-hybridized carbons (Fsp3) is 0.368. The standard InChI is InChI=1S/C15H14Cl2N2O3.C15H18N6O6S.C8H14ClN5/c1-5-6-21-12-8-11(9(16)7-10(12)17)19-14(20)22-13(18-19)15(2,3)4;1-21(2)13(22)9-6-5-7-16-12(9)28(24,25)20-15(23)19-14-17-10(26-3)8-11(18-14)27-4;1-4-10-7-12-6(9)13-8(14-7)11-5(2)3/h1,7-8H,6H2,2-4H3;5-8H,1-4H3,(H2,17,18,19,20,23);5H,4H2,1-3H3,(H2,10,11,12,13,14). The average molecular weight is 967 g/mol. The molecule has 0 aliphatic rings. The molecule has 0 bridgehead atoms. The summed E-state index contributed by atoms with van der Waals surface area (Å²) in [4.78, 5) is 60.9. The van der Waals surface area contributed by atoms with Crippen LogP contribution in [0, 0.1) is 12.3 Å². The zero-order chi connectivity index (χ0) is 47.9. The molecule has 4 aromatic heterocycles. The summed E-state index contributed by atoms with van der Waals surface area (Å²) in [7, 11) is 1.15. The molecule has 0 aliphatic carbocycles. The van der Waals surface area contributed by atoms with E-state index in [0.29, 0.717) is 29.2 Å². The third kappa shape index (κ3) is 15.1. The lowest BCUT2D eigenvalue weighted by molar-refractivity contribution is 0.0823. The van der Waals surface area contributed by atoms with Crippen LogP contribution in [0.1, 0.15) is 57.8 Å². The lowest BCUT2D eigenvalue weighted by Crippen LogP contribution is -2.36. The third-order valence-corrected chi connectivity index (χ3v) is 9.36. The first-order chi connectivity index (χ1) is 30.0. The number of hydrogen-bond donors (Lipinski definition) is 4. The molecule has 4 N–H and O–H groups in total. The first-order valence-electron chi connectivity index (χ1n) is 18.6. The van der Waals surface area contributed by atoms with Crippen LogP contribution >= 0.6 is 34.8 Å². The van der Waals surface area contributed by atoms with Crippen LogP contribution in [0.3, 0.4) is 0 Å². The SMILES string of the molecule is C#CCOc1cc(-n2nc(C(C)(C)C)oc2=O)c(Cl)cc1Cl.CCNc1nc(Cl)nc(NC(C)C)n1.COc1cc(OC)nc(NC(=O)NS(=O)(=O)c2ncccc2C(=O)N(C)C)n1. The van der Waals surface area contributed by atoms with Crippen LogP contribution in [0.25, 0.3) is 5.69 Å². The highest BCUT2D eigenvalue weighted by Crippen LogP contribution is 2.33. The number of benzene rings is 1. The van der Waals surface area contributed by atoms with Crippen LogP contribution in [0.4, 0.5) is 22.6 Å². The summed E-state index contributed by atoms with van der Waals surface area (Å²) >= 11 is 17.9. The molecular weight excluding hydrogens is 921 g/mol. The van der Waals surface area contributed by atoms with Crippen LogP contribution in [-0.4, -0.2) is 112 Å². The molecule has 5 rings (SSSR count). The molecule has 344 valence electrons. The molecule has 0 spiro atoms. The molecule has 26 heteroatoms. The third-order valence-electron chi connectivity index (χ3n) is 7.30. The van der Waals surface area contributed by atoms with Crippen molar-refractivity contribution in [2.24, 2.45) is 0 Å². The molecular formula is C38H46Cl3N13O9S. The number of amides is 3. The summed E-state index contributed by atoms with van der Waals surface area (Å²) in [5, 5.41) is 12.5. The normalized spacial score (nSPS) is 10.8. The minimum absolute atomic E-state index is 0.0434. The van der Waals surface area contributed by atoms with E-state index in [1.165, 1.54) is 69.7 Å². The quantitative estimate of drug-likeness (QED) is 0.109. The highest BCUT2D eigenvalue weighted by molar-refractivity contribution is 7.90. The predicted octanol–water partition coefficient (Wildman–Crippen LogP) is 5.32. The maximum atomic E-state index is 12.5. The lowest BCUT2D eigenvalue weighted by atomic mass is 9.97. The Morgan fingerprint density at radius 3 is 2.16 bits per heavy atom. The molecule has 0 radical (unpaired) electrons. The number of aromatic nitrogens is 8. The molecule has 64 heavy (non-hydrogen) atoms. The Morgan fingerprint density at radius 2 is 1.61 bits per heavy atom. The highest BCUT2D eigenvalue weighted by atomic mass is 35.5. The molecule has 0 fully saturated rings. The number of halogens is 3. The van der Waals surface area contributed by atoms with E-state index >= 15 is 0 Å². The number of nitrogens with one attached hydrogen (secondary N) is 4. The number of methoxy groups -OCH3 is 2. The minimum atomic E-state index is -4.46. The zero-order valence-electron chi connectivity index (χ0n) is 36.3. The van der Waals surface area contributed by atoms with Crippen molar-refractivity contribution in [3.63, 3.8) is 0 Å². The second kappa shape index (κ2) is 23.3. The second-order valence-corrected chi connectivity index (χ2v) is 16.8. The Balaban J connectivity index is 0.000000269. The van der Waals surface area contributed by atoms with Gasteiger partial charge in [-0.2, -0.15) is 38.0 Å². The fourth-order valence-electron chi connectivity index (χ4n) is 4.53. The van der Waals surface area contributed by atoms with Gasteiger partial charge in [0.05, 0.1) is 41.6 Å². The number of nitrogens with zero attached hydrogens (tertiary/aromatic N) is 9. The van der Waals surface area contributed by atoms with Gasteiger partial charge in [0.25, 0.3) is 15.9 Å². The van der Waals surface area contributed by atoms with Gasteiger partial charge in [0, 0.05) is 44.4 Å². The van der Waals surface area contributed by atoms with E-state index in [0.717, 1.165) is 11.2 Å². The number of pyridine rings is 1. The Hall–Kier alpha value is -6.48. The molecule has 5 aromatic rings. The maximum absolute atomic E-state index is 12.5. The van der Waals surface area contributed by atoms with Crippen molar-refractivity contribution in [1.29, 1.82) is 0 Å². The van der Waals surface area contributed by atoms with Gasteiger partial charge in [-0.25, -0.2) is 19.3 Å². The van der Waals surface area contributed by atoms with Crippen LogP contribution in [0.5, 0.6) is 17.5 Å². The Morgan fingerprint density at radius 1 is 0.969 bits per heavy atom. The average Bonchev–Trinajstić information content (AvgIpc) is 3.61. The smallest absolute Gasteiger partial charge is 0.442 e. The zero-order valence-corrected chi connectivity index (χ0v) is 39.4. The molecule has 0 atom stereocenters. The number of carbonyl (C=O) groups excluding carboxylic acids is 2. The van der Waals surface area contributed by atoms with Gasteiger partial charge in [0.15, 0.2) is 5.03 Å². The van der Waals surface area contributed by atoms with Crippen molar-refractivity contribution in [2.75, 3.05) is 57.4 Å². The Labute approximate surface area is 383 Å². The number of terminal acetylenes is 1. The molecule has 4 heterocycles. The fourth-order valence-corrected chi connectivity index (χ4v) is 6.24. The van der Waals surface area contributed by atoms with E-state index in [2.05, 4.69) is 56.9 Å². The molecule has 1 aromatic carbocycles. The first kappa shape index (κ1) is 51.9. The Kier molecular flexibility index (Phi) is 18.9. The minimum Gasteiger partial charge on any atom is -0.481 e. The number of hydrogen-bond acceptors (Lipinski definition) is 18. The van der Waals surface area contributed by atoms with E-state index in [9.17, 15) is 22.8 Å². The van der Waals surface area contributed by atoms with E-state index in [-0.39, 0.29) is 51.2 Å². The van der Waals surface area contributed by atoms with Crippen molar-refractivity contribution in [1.82, 2.24) is 49.3 Å². The van der Waals surface area contributed by atoms with Crippen LogP contribution < -0.4 is 40.6 Å². The molecule has 0 unspecified atom stereocenters. The van der Waals surface area contributed by atoms with Crippen molar-refractivity contribution in [2.45, 2.75) is 58.0 Å². The van der Waals surface area contributed by atoms with E-state index < -0.39 is 38.2 Å². The number of carbonyl (C=O) groups is 2. The van der Waals surface area contributed by atoms with Gasteiger partial charge in [-0.3, -0.25) is 10.1 Å². The second-order valence-electron chi connectivity index (χ2n) is 14.0. The van der Waals surface area contributed by atoms with E-state index in [1.807, 2.05) is 41.5 Å². The first-order valence-corrected chi connectivity index (χ1v) is 21.2. The summed E-state index contributed by atoms with van der Waals surface area (Å²) in [5.74, 6) is 2.64. The highest BCUT2D eigenvalue weighted by Gasteiger charge is 2.28. The van der Waals surface area contributed by atoms with Gasteiger partial charge in [-0.1, -0.05) is 49.9 Å². The largest absolute Gasteiger partial charge is 0.481 e.